The molecule has 0 bridgehead atoms. The van der Waals surface area contributed by atoms with Gasteiger partial charge in [-0.05, 0) is 32.2 Å². The number of likely N-dealkylation sites (tertiary alicyclic amines) is 1. The highest BCUT2D eigenvalue weighted by molar-refractivity contribution is 5.73. The van der Waals surface area contributed by atoms with E-state index < -0.39 is 5.97 Å². The number of aliphatic hydroxyl groups excluding tert-OH is 1. The number of carboxylic acid groups (broad SMARTS) is 1. The highest BCUT2D eigenvalue weighted by atomic mass is 16.4. The van der Waals surface area contributed by atoms with Gasteiger partial charge in [-0.3, -0.25) is 9.69 Å². The number of hydrogen-bond acceptors (Lipinski definition) is 3. The van der Waals surface area contributed by atoms with Crippen molar-refractivity contribution in [3.05, 3.63) is 0 Å². The van der Waals surface area contributed by atoms with Gasteiger partial charge < -0.3 is 10.2 Å². The summed E-state index contributed by atoms with van der Waals surface area (Å²) in [6.45, 7) is 0.832. The molecule has 0 aromatic carbocycles. The predicted octanol–water partition coefficient (Wildman–Crippen LogP) is 1.23. The molecule has 0 radical (unpaired) electrons. The fourth-order valence-corrected chi connectivity index (χ4v) is 3.09. The lowest BCUT2D eigenvalue weighted by Gasteiger charge is -2.43. The zero-order valence-electron chi connectivity index (χ0n) is 9.64. The zero-order chi connectivity index (χ0) is 11.5. The summed E-state index contributed by atoms with van der Waals surface area (Å²) in [6.07, 6.45) is 6.43. The van der Waals surface area contributed by atoms with Gasteiger partial charge in [0.2, 0.25) is 0 Å². The van der Waals surface area contributed by atoms with Gasteiger partial charge in [-0.1, -0.05) is 19.3 Å². The Balaban J connectivity index is 2.06. The number of aliphatic carboxylic acids is 1. The first-order valence-electron chi connectivity index (χ1n) is 6.37. The molecule has 0 aromatic heterocycles. The molecule has 4 heteroatoms. The maximum absolute atomic E-state index is 11.2. The molecule has 0 spiro atoms. The van der Waals surface area contributed by atoms with Gasteiger partial charge in [0.25, 0.3) is 0 Å². The molecule has 2 rings (SSSR count). The van der Waals surface area contributed by atoms with Gasteiger partial charge in [-0.25, -0.2) is 0 Å². The molecule has 2 aliphatic rings. The maximum atomic E-state index is 11.2. The number of hydrogen-bond donors (Lipinski definition) is 2. The van der Waals surface area contributed by atoms with Crippen molar-refractivity contribution >= 4 is 5.97 Å². The van der Waals surface area contributed by atoms with Gasteiger partial charge in [-0.15, -0.1) is 0 Å². The normalized spacial score (nSPS) is 37.2. The van der Waals surface area contributed by atoms with Crippen LogP contribution in [-0.2, 0) is 4.79 Å². The number of nitrogens with zero attached hydrogens (tertiary/aromatic N) is 1. The maximum Gasteiger partial charge on any atom is 0.320 e. The molecule has 3 atom stereocenters. The Kier molecular flexibility index (Phi) is 3.82. The lowest BCUT2D eigenvalue weighted by Crippen LogP contribution is -2.54. The summed E-state index contributed by atoms with van der Waals surface area (Å²) in [5.41, 5.74) is 0. The van der Waals surface area contributed by atoms with E-state index in [1.54, 1.807) is 0 Å². The van der Waals surface area contributed by atoms with Gasteiger partial charge in [-0.2, -0.15) is 0 Å². The molecule has 3 unspecified atom stereocenters. The molecule has 1 aliphatic heterocycles. The van der Waals surface area contributed by atoms with Crippen molar-refractivity contribution in [2.75, 3.05) is 6.54 Å². The minimum atomic E-state index is -0.725. The van der Waals surface area contributed by atoms with E-state index in [9.17, 15) is 15.0 Å². The van der Waals surface area contributed by atoms with Crippen LogP contribution in [0.2, 0.25) is 0 Å². The zero-order valence-corrected chi connectivity index (χ0v) is 9.64. The van der Waals surface area contributed by atoms with Crippen LogP contribution < -0.4 is 0 Å². The fraction of sp³-hybridized carbons (Fsp3) is 0.917. The van der Waals surface area contributed by atoms with E-state index in [1.807, 2.05) is 4.90 Å². The summed E-state index contributed by atoms with van der Waals surface area (Å²) in [6, 6.07) is -0.290. The molecular weight excluding hydrogens is 206 g/mol. The van der Waals surface area contributed by atoms with Crippen molar-refractivity contribution < 1.29 is 15.0 Å². The fourth-order valence-electron chi connectivity index (χ4n) is 3.09. The van der Waals surface area contributed by atoms with Crippen molar-refractivity contribution in [3.8, 4) is 0 Å². The van der Waals surface area contributed by atoms with E-state index in [0.717, 1.165) is 51.5 Å². The van der Waals surface area contributed by atoms with Crippen LogP contribution in [0.25, 0.3) is 0 Å². The minimum absolute atomic E-state index is 0.0788. The van der Waals surface area contributed by atoms with Gasteiger partial charge in [0.05, 0.1) is 6.10 Å². The summed E-state index contributed by atoms with van der Waals surface area (Å²) >= 11 is 0. The first-order valence-corrected chi connectivity index (χ1v) is 6.37. The topological polar surface area (TPSA) is 60.8 Å². The third-order valence-electron chi connectivity index (χ3n) is 3.95. The number of rotatable bonds is 2. The molecule has 2 fully saturated rings. The number of carboxylic acids is 1. The summed E-state index contributed by atoms with van der Waals surface area (Å²) in [4.78, 5) is 13.2. The van der Waals surface area contributed by atoms with Crippen molar-refractivity contribution in [2.24, 2.45) is 0 Å². The molecule has 0 aromatic rings. The molecule has 1 heterocycles. The predicted molar refractivity (Wildman–Crippen MR) is 60.2 cm³/mol. The first kappa shape index (κ1) is 11.9. The molecule has 92 valence electrons. The van der Waals surface area contributed by atoms with E-state index >= 15 is 0 Å². The second kappa shape index (κ2) is 5.15. The van der Waals surface area contributed by atoms with Gasteiger partial charge in [0, 0.05) is 6.04 Å². The Morgan fingerprint density at radius 2 is 1.75 bits per heavy atom. The van der Waals surface area contributed by atoms with Crippen molar-refractivity contribution in [1.82, 2.24) is 4.90 Å². The molecule has 2 N–H and O–H groups in total. The van der Waals surface area contributed by atoms with Crippen LogP contribution >= 0.6 is 0 Å². The Hall–Kier alpha value is -0.610. The number of carbonyl (C=O) groups is 1. The van der Waals surface area contributed by atoms with Crippen LogP contribution in [0.1, 0.15) is 44.9 Å². The molecule has 0 amide bonds. The molecule has 1 saturated heterocycles. The number of piperidine rings is 1. The quantitative estimate of drug-likeness (QED) is 0.745. The van der Waals surface area contributed by atoms with Crippen LogP contribution in [0.3, 0.4) is 0 Å². The largest absolute Gasteiger partial charge is 0.480 e. The van der Waals surface area contributed by atoms with Gasteiger partial charge in [0.15, 0.2) is 0 Å². The Labute approximate surface area is 96.3 Å². The smallest absolute Gasteiger partial charge is 0.320 e. The molecular formula is C12H21NO3. The average molecular weight is 227 g/mol. The summed E-state index contributed by atoms with van der Waals surface area (Å²) < 4.78 is 0. The molecule has 16 heavy (non-hydrogen) atoms. The summed E-state index contributed by atoms with van der Waals surface area (Å²) in [5.74, 6) is -0.725. The van der Waals surface area contributed by atoms with Gasteiger partial charge >= 0.3 is 5.97 Å². The van der Waals surface area contributed by atoms with E-state index in [-0.39, 0.29) is 18.2 Å². The average Bonchev–Trinajstić information content (AvgIpc) is 2.29. The van der Waals surface area contributed by atoms with Crippen molar-refractivity contribution in [3.63, 3.8) is 0 Å². The van der Waals surface area contributed by atoms with Crippen molar-refractivity contribution in [1.29, 1.82) is 0 Å². The molecule has 1 aliphatic carbocycles. The highest BCUT2D eigenvalue weighted by Crippen LogP contribution is 2.28. The van der Waals surface area contributed by atoms with Crippen LogP contribution in [0.4, 0.5) is 0 Å². The van der Waals surface area contributed by atoms with Crippen LogP contribution in [0.15, 0.2) is 0 Å². The highest BCUT2D eigenvalue weighted by Gasteiger charge is 2.37. The summed E-state index contributed by atoms with van der Waals surface area (Å²) in [5, 5.41) is 19.2. The molecule has 1 saturated carbocycles. The first-order chi connectivity index (χ1) is 7.70. The lowest BCUT2D eigenvalue weighted by atomic mass is 9.88. The second-order valence-corrected chi connectivity index (χ2v) is 5.01. The standard InChI is InChI=1S/C12H21NO3/c14-11-7-2-1-5-9(11)13-8-4-3-6-10(13)12(15)16/h9-11,14H,1-8H2,(H,15,16). The number of aliphatic hydroxyl groups is 1. The third kappa shape index (κ3) is 2.38. The van der Waals surface area contributed by atoms with Crippen molar-refractivity contribution in [2.45, 2.75) is 63.1 Å². The Bertz CT molecular complexity index is 257. The van der Waals surface area contributed by atoms with Crippen LogP contribution in [-0.4, -0.2) is 45.8 Å². The molecule has 4 nitrogen and oxygen atoms in total. The minimum Gasteiger partial charge on any atom is -0.480 e. The second-order valence-electron chi connectivity index (χ2n) is 5.01. The van der Waals surface area contributed by atoms with E-state index in [2.05, 4.69) is 0 Å². The monoisotopic (exact) mass is 227 g/mol. The lowest BCUT2D eigenvalue weighted by molar-refractivity contribution is -0.147. The van der Waals surface area contributed by atoms with E-state index in [4.69, 9.17) is 0 Å². The SMILES string of the molecule is O=C(O)C1CCCCN1C1CCCCC1O. The van der Waals surface area contributed by atoms with Crippen LogP contribution in [0, 0.1) is 0 Å². The van der Waals surface area contributed by atoms with E-state index in [0.29, 0.717) is 0 Å². The van der Waals surface area contributed by atoms with E-state index in [1.165, 1.54) is 0 Å². The Morgan fingerprint density at radius 3 is 2.44 bits per heavy atom. The van der Waals surface area contributed by atoms with Gasteiger partial charge in [0.1, 0.15) is 6.04 Å². The third-order valence-corrected chi connectivity index (χ3v) is 3.95. The Morgan fingerprint density at radius 1 is 1.06 bits per heavy atom. The summed E-state index contributed by atoms with van der Waals surface area (Å²) in [7, 11) is 0. The van der Waals surface area contributed by atoms with Crippen LogP contribution in [0.5, 0.6) is 0 Å².